The summed E-state index contributed by atoms with van der Waals surface area (Å²) in [7, 11) is 1.64. The first-order chi connectivity index (χ1) is 9.31. The zero-order valence-corrected chi connectivity index (χ0v) is 12.6. The minimum Gasteiger partial charge on any atom is -0.496 e. The molecule has 0 saturated carbocycles. The number of benzene rings is 1. The van der Waals surface area contributed by atoms with Crippen LogP contribution in [0.3, 0.4) is 0 Å². The molecule has 0 fully saturated rings. The molecule has 2 rings (SSSR count). The monoisotopic (exact) mass is 272 g/mol. The molecule has 0 aliphatic rings. The van der Waals surface area contributed by atoms with Gasteiger partial charge in [-0.15, -0.1) is 0 Å². The molecule has 0 radical (unpaired) electrons. The van der Waals surface area contributed by atoms with Gasteiger partial charge in [-0.3, -0.25) is 4.79 Å². The second kappa shape index (κ2) is 5.12. The van der Waals surface area contributed by atoms with Crippen LogP contribution in [0.4, 0.5) is 0 Å². The van der Waals surface area contributed by atoms with Crippen molar-refractivity contribution >= 4 is 0 Å². The van der Waals surface area contributed by atoms with Crippen LogP contribution in [-0.4, -0.2) is 17.1 Å². The molecule has 1 aromatic heterocycles. The molecule has 0 aliphatic carbocycles. The normalized spacial score (nSPS) is 11.4. The van der Waals surface area contributed by atoms with E-state index >= 15 is 0 Å². The van der Waals surface area contributed by atoms with Gasteiger partial charge in [0.05, 0.1) is 12.8 Å². The van der Waals surface area contributed by atoms with Crippen LogP contribution < -0.4 is 10.3 Å². The van der Waals surface area contributed by atoms with Crippen LogP contribution >= 0.6 is 0 Å². The predicted molar refractivity (Wildman–Crippen MR) is 80.3 cm³/mol. The zero-order chi connectivity index (χ0) is 14.9. The first-order valence-electron chi connectivity index (χ1n) is 6.58. The lowest BCUT2D eigenvalue weighted by molar-refractivity contribution is 0.412. The van der Waals surface area contributed by atoms with Gasteiger partial charge in [0.2, 0.25) is 0 Å². The molecule has 1 aromatic carbocycles. The molecule has 0 saturated heterocycles. The van der Waals surface area contributed by atoms with Crippen LogP contribution in [-0.2, 0) is 5.41 Å². The van der Waals surface area contributed by atoms with E-state index in [-0.39, 0.29) is 11.0 Å². The highest BCUT2D eigenvalue weighted by Crippen LogP contribution is 2.25. The lowest BCUT2D eigenvalue weighted by Crippen LogP contribution is -2.19. The molecule has 0 atom stereocenters. The highest BCUT2D eigenvalue weighted by atomic mass is 16.5. The van der Waals surface area contributed by atoms with Crippen molar-refractivity contribution in [3.05, 3.63) is 45.9 Å². The van der Waals surface area contributed by atoms with Crippen molar-refractivity contribution in [3.8, 4) is 17.1 Å². The molecule has 1 heterocycles. The minimum absolute atomic E-state index is 0.131. The SMILES string of the molecule is COc1ccc(-c2nc(C(C)(C)C)cc(=O)[nH]2)cc1C. The Morgan fingerprint density at radius 2 is 1.90 bits per heavy atom. The van der Waals surface area contributed by atoms with Crippen LogP contribution in [0.1, 0.15) is 32.0 Å². The van der Waals surface area contributed by atoms with E-state index in [9.17, 15) is 4.79 Å². The Morgan fingerprint density at radius 1 is 1.20 bits per heavy atom. The Hall–Kier alpha value is -2.10. The first-order valence-corrected chi connectivity index (χ1v) is 6.58. The van der Waals surface area contributed by atoms with Crippen LogP contribution in [0.25, 0.3) is 11.4 Å². The number of methoxy groups -OCH3 is 1. The van der Waals surface area contributed by atoms with Gasteiger partial charge < -0.3 is 9.72 Å². The second-order valence-electron chi connectivity index (χ2n) is 5.91. The van der Waals surface area contributed by atoms with E-state index in [1.165, 1.54) is 0 Å². The van der Waals surface area contributed by atoms with Crippen molar-refractivity contribution in [1.82, 2.24) is 9.97 Å². The third-order valence-corrected chi connectivity index (χ3v) is 3.18. The van der Waals surface area contributed by atoms with Crippen molar-refractivity contribution in [1.29, 1.82) is 0 Å². The molecule has 4 nitrogen and oxygen atoms in total. The molecular formula is C16H20N2O2. The Labute approximate surface area is 118 Å². The first kappa shape index (κ1) is 14.3. The average molecular weight is 272 g/mol. The number of aryl methyl sites for hydroxylation is 1. The number of nitrogens with one attached hydrogen (secondary N) is 1. The molecular weight excluding hydrogens is 252 g/mol. The summed E-state index contributed by atoms with van der Waals surface area (Å²) in [5.74, 6) is 1.41. The van der Waals surface area contributed by atoms with Gasteiger partial charge in [0.25, 0.3) is 5.56 Å². The largest absolute Gasteiger partial charge is 0.496 e. The topological polar surface area (TPSA) is 55.0 Å². The Kier molecular flexibility index (Phi) is 3.66. The van der Waals surface area contributed by atoms with Crippen LogP contribution in [0.15, 0.2) is 29.1 Å². The van der Waals surface area contributed by atoms with Crippen molar-refractivity contribution in [2.24, 2.45) is 0 Å². The number of nitrogens with zero attached hydrogens (tertiary/aromatic N) is 1. The van der Waals surface area contributed by atoms with Crippen molar-refractivity contribution in [3.63, 3.8) is 0 Å². The van der Waals surface area contributed by atoms with Gasteiger partial charge in [-0.25, -0.2) is 4.98 Å². The quantitative estimate of drug-likeness (QED) is 0.914. The number of hydrogen-bond donors (Lipinski definition) is 1. The van der Waals surface area contributed by atoms with Crippen molar-refractivity contribution < 1.29 is 4.74 Å². The molecule has 0 unspecified atom stereocenters. The second-order valence-corrected chi connectivity index (χ2v) is 5.91. The molecule has 106 valence electrons. The molecule has 2 aromatic rings. The third-order valence-electron chi connectivity index (χ3n) is 3.18. The maximum absolute atomic E-state index is 11.8. The van der Waals surface area contributed by atoms with Crippen molar-refractivity contribution in [2.75, 3.05) is 7.11 Å². The summed E-state index contributed by atoms with van der Waals surface area (Å²) in [5.41, 5.74) is 2.38. The average Bonchev–Trinajstić information content (AvgIpc) is 2.37. The highest BCUT2D eigenvalue weighted by Gasteiger charge is 2.17. The van der Waals surface area contributed by atoms with E-state index in [2.05, 4.69) is 9.97 Å². The Balaban J connectivity index is 2.56. The molecule has 0 spiro atoms. The number of hydrogen-bond acceptors (Lipinski definition) is 3. The van der Waals surface area contributed by atoms with Gasteiger partial charge in [0, 0.05) is 17.0 Å². The van der Waals surface area contributed by atoms with Gasteiger partial charge in [-0.1, -0.05) is 20.8 Å². The van der Waals surface area contributed by atoms with E-state index in [0.717, 1.165) is 22.6 Å². The fourth-order valence-corrected chi connectivity index (χ4v) is 2.00. The Morgan fingerprint density at radius 3 is 2.45 bits per heavy atom. The van der Waals surface area contributed by atoms with Gasteiger partial charge in [0.1, 0.15) is 11.6 Å². The van der Waals surface area contributed by atoms with E-state index < -0.39 is 0 Å². The number of aromatic amines is 1. The summed E-state index contributed by atoms with van der Waals surface area (Å²) in [4.78, 5) is 19.2. The number of aromatic nitrogens is 2. The van der Waals surface area contributed by atoms with Crippen LogP contribution in [0, 0.1) is 6.92 Å². The van der Waals surface area contributed by atoms with E-state index in [1.54, 1.807) is 13.2 Å². The fourth-order valence-electron chi connectivity index (χ4n) is 2.00. The maximum Gasteiger partial charge on any atom is 0.251 e. The highest BCUT2D eigenvalue weighted by molar-refractivity contribution is 5.58. The van der Waals surface area contributed by atoms with E-state index in [4.69, 9.17) is 4.74 Å². The van der Waals surface area contributed by atoms with Crippen molar-refractivity contribution in [2.45, 2.75) is 33.1 Å². The van der Waals surface area contributed by atoms with Gasteiger partial charge in [-0.2, -0.15) is 0 Å². The standard InChI is InChI=1S/C16H20N2O2/c1-10-8-11(6-7-12(10)20-5)15-17-13(16(2,3)4)9-14(19)18-15/h6-9H,1-5H3,(H,17,18,19). The molecule has 0 aliphatic heterocycles. The number of H-pyrrole nitrogens is 1. The fraction of sp³-hybridized carbons (Fsp3) is 0.375. The number of ether oxygens (including phenoxy) is 1. The molecule has 4 heteroatoms. The smallest absolute Gasteiger partial charge is 0.251 e. The zero-order valence-electron chi connectivity index (χ0n) is 12.6. The third kappa shape index (κ3) is 2.90. The predicted octanol–water partition coefficient (Wildman–Crippen LogP) is 3.05. The van der Waals surface area contributed by atoms with Gasteiger partial charge in [0.15, 0.2) is 0 Å². The minimum atomic E-state index is -0.162. The van der Waals surface area contributed by atoms with Crippen LogP contribution in [0.2, 0.25) is 0 Å². The van der Waals surface area contributed by atoms with Gasteiger partial charge >= 0.3 is 0 Å². The summed E-state index contributed by atoms with van der Waals surface area (Å²) < 4.78 is 5.25. The van der Waals surface area contributed by atoms with Crippen LogP contribution in [0.5, 0.6) is 5.75 Å². The maximum atomic E-state index is 11.8. The summed E-state index contributed by atoms with van der Waals surface area (Å²) in [5, 5.41) is 0. The molecule has 0 bridgehead atoms. The number of rotatable bonds is 2. The summed E-state index contributed by atoms with van der Waals surface area (Å²) >= 11 is 0. The lowest BCUT2D eigenvalue weighted by atomic mass is 9.92. The van der Waals surface area contributed by atoms with Gasteiger partial charge in [-0.05, 0) is 30.7 Å². The molecule has 1 N–H and O–H groups in total. The summed E-state index contributed by atoms with van der Waals surface area (Å²) in [6, 6.07) is 7.30. The summed E-state index contributed by atoms with van der Waals surface area (Å²) in [6.07, 6.45) is 0. The van der Waals surface area contributed by atoms with E-state index in [0.29, 0.717) is 5.82 Å². The molecule has 0 amide bonds. The molecule has 20 heavy (non-hydrogen) atoms. The summed E-state index contributed by atoms with van der Waals surface area (Å²) in [6.45, 7) is 8.08. The van der Waals surface area contributed by atoms with E-state index in [1.807, 2.05) is 45.9 Å². The lowest BCUT2D eigenvalue weighted by Gasteiger charge is -2.18. The Bertz CT molecular complexity index is 682.